The zero-order valence-electron chi connectivity index (χ0n) is 15.0. The topological polar surface area (TPSA) is 57.7 Å². The third-order valence-electron chi connectivity index (χ3n) is 5.39. The van der Waals surface area contributed by atoms with E-state index in [9.17, 15) is 13.2 Å². The molecule has 138 valence electrons. The van der Waals surface area contributed by atoms with Crippen molar-refractivity contribution in [3.05, 3.63) is 29.8 Å². The van der Waals surface area contributed by atoms with E-state index in [1.807, 2.05) is 17.0 Å². The molecule has 0 saturated carbocycles. The highest BCUT2D eigenvalue weighted by atomic mass is 32.2. The van der Waals surface area contributed by atoms with Crippen molar-refractivity contribution >= 4 is 15.9 Å². The first-order chi connectivity index (χ1) is 12.0. The smallest absolute Gasteiger partial charge is 0.243 e. The predicted octanol–water partition coefficient (Wildman–Crippen LogP) is 2.66. The van der Waals surface area contributed by atoms with Gasteiger partial charge in [0.2, 0.25) is 15.9 Å². The van der Waals surface area contributed by atoms with Crippen molar-refractivity contribution in [1.82, 2.24) is 9.21 Å². The number of carbonyl (C=O) groups is 1. The third kappa shape index (κ3) is 4.42. The molecule has 2 heterocycles. The molecule has 0 aromatic heterocycles. The number of piperidine rings is 1. The molecule has 1 amide bonds. The molecule has 0 bridgehead atoms. The van der Waals surface area contributed by atoms with Gasteiger partial charge < -0.3 is 4.90 Å². The van der Waals surface area contributed by atoms with Gasteiger partial charge in [-0.2, -0.15) is 4.31 Å². The van der Waals surface area contributed by atoms with Crippen LogP contribution in [0.1, 0.15) is 44.6 Å². The Morgan fingerprint density at radius 3 is 2.24 bits per heavy atom. The minimum Gasteiger partial charge on any atom is -0.343 e. The van der Waals surface area contributed by atoms with Gasteiger partial charge in [-0.25, -0.2) is 8.42 Å². The maximum absolute atomic E-state index is 12.5. The molecule has 2 fully saturated rings. The van der Waals surface area contributed by atoms with Gasteiger partial charge in [0, 0.05) is 32.6 Å². The third-order valence-corrected chi connectivity index (χ3v) is 7.30. The molecule has 0 aliphatic carbocycles. The molecular formula is C19H28N2O3S. The van der Waals surface area contributed by atoms with E-state index < -0.39 is 10.0 Å². The number of likely N-dealkylation sites (tertiary alicyclic amines) is 1. The van der Waals surface area contributed by atoms with Crippen LogP contribution in [0, 0.1) is 5.92 Å². The molecule has 2 saturated heterocycles. The Morgan fingerprint density at radius 1 is 1.04 bits per heavy atom. The number of benzene rings is 1. The summed E-state index contributed by atoms with van der Waals surface area (Å²) in [7, 11) is -3.35. The van der Waals surface area contributed by atoms with Crippen molar-refractivity contribution in [2.24, 2.45) is 5.92 Å². The summed E-state index contributed by atoms with van der Waals surface area (Å²) >= 11 is 0. The minimum absolute atomic E-state index is 0.209. The number of hydrogen-bond acceptors (Lipinski definition) is 3. The maximum atomic E-state index is 12.5. The van der Waals surface area contributed by atoms with Crippen LogP contribution in [0.3, 0.4) is 0 Å². The number of aryl methyl sites for hydroxylation is 1. The summed E-state index contributed by atoms with van der Waals surface area (Å²) in [5.74, 6) is 0.926. The van der Waals surface area contributed by atoms with Crippen LogP contribution in [0.4, 0.5) is 0 Å². The van der Waals surface area contributed by atoms with Crippen LogP contribution in [0.5, 0.6) is 0 Å². The molecular weight excluding hydrogens is 336 g/mol. The van der Waals surface area contributed by atoms with E-state index in [0.29, 0.717) is 36.7 Å². The Kier molecular flexibility index (Phi) is 5.79. The second kappa shape index (κ2) is 7.87. The molecule has 2 aliphatic rings. The Morgan fingerprint density at radius 2 is 1.64 bits per heavy atom. The second-order valence-electron chi connectivity index (χ2n) is 7.32. The van der Waals surface area contributed by atoms with Gasteiger partial charge >= 0.3 is 0 Å². The number of hydrogen-bond donors (Lipinski definition) is 0. The summed E-state index contributed by atoms with van der Waals surface area (Å²) in [5, 5.41) is 0. The summed E-state index contributed by atoms with van der Waals surface area (Å²) in [6, 6.07) is 7.04. The van der Waals surface area contributed by atoms with E-state index in [0.717, 1.165) is 44.3 Å². The van der Waals surface area contributed by atoms with Crippen LogP contribution < -0.4 is 0 Å². The average molecular weight is 365 g/mol. The lowest BCUT2D eigenvalue weighted by Gasteiger charge is -2.30. The van der Waals surface area contributed by atoms with Crippen molar-refractivity contribution in [2.45, 2.75) is 50.3 Å². The van der Waals surface area contributed by atoms with Crippen molar-refractivity contribution in [1.29, 1.82) is 0 Å². The highest BCUT2D eigenvalue weighted by Gasteiger charge is 2.27. The van der Waals surface area contributed by atoms with Crippen molar-refractivity contribution in [3.63, 3.8) is 0 Å². The summed E-state index contributed by atoms with van der Waals surface area (Å²) in [5.41, 5.74) is 1.01. The first-order valence-corrected chi connectivity index (χ1v) is 10.8. The lowest BCUT2D eigenvalue weighted by molar-refractivity contribution is -0.132. The number of amides is 1. The van der Waals surface area contributed by atoms with E-state index in [1.165, 1.54) is 0 Å². The molecule has 3 rings (SSSR count). The highest BCUT2D eigenvalue weighted by Crippen LogP contribution is 2.22. The molecule has 0 atom stereocenters. The van der Waals surface area contributed by atoms with Crippen LogP contribution in [-0.4, -0.2) is 49.7 Å². The van der Waals surface area contributed by atoms with Gasteiger partial charge in [0.1, 0.15) is 0 Å². The van der Waals surface area contributed by atoms with E-state index in [-0.39, 0.29) is 5.91 Å². The van der Waals surface area contributed by atoms with Gasteiger partial charge in [-0.05, 0) is 55.7 Å². The van der Waals surface area contributed by atoms with Crippen molar-refractivity contribution < 1.29 is 13.2 Å². The molecule has 0 radical (unpaired) electrons. The lowest BCUT2D eigenvalue weighted by Crippen LogP contribution is -2.37. The lowest BCUT2D eigenvalue weighted by atomic mass is 9.98. The van der Waals surface area contributed by atoms with Gasteiger partial charge in [0.25, 0.3) is 0 Å². The summed E-state index contributed by atoms with van der Waals surface area (Å²) in [6.45, 7) is 5.21. The molecule has 0 unspecified atom stereocenters. The van der Waals surface area contributed by atoms with E-state index >= 15 is 0 Å². The molecule has 1 aromatic carbocycles. The van der Waals surface area contributed by atoms with Crippen LogP contribution >= 0.6 is 0 Å². The summed E-state index contributed by atoms with van der Waals surface area (Å²) < 4.78 is 26.6. The number of nitrogens with zero attached hydrogens (tertiary/aromatic N) is 2. The predicted molar refractivity (Wildman–Crippen MR) is 97.7 cm³/mol. The zero-order chi connectivity index (χ0) is 17.9. The molecule has 6 heteroatoms. The van der Waals surface area contributed by atoms with Crippen LogP contribution in [0.2, 0.25) is 0 Å². The van der Waals surface area contributed by atoms with E-state index in [2.05, 4.69) is 6.92 Å². The van der Waals surface area contributed by atoms with Crippen LogP contribution in [-0.2, 0) is 21.2 Å². The standard InChI is InChI=1S/C19H28N2O3S/c1-16-10-14-20(15-11-16)19(22)9-6-17-4-7-18(8-5-17)25(23,24)21-12-2-3-13-21/h4-5,7-8,16H,2-3,6,9-15H2,1H3. The largest absolute Gasteiger partial charge is 0.343 e. The Balaban J connectivity index is 1.55. The first-order valence-electron chi connectivity index (χ1n) is 9.33. The fourth-order valence-electron chi connectivity index (χ4n) is 3.57. The van der Waals surface area contributed by atoms with Crippen molar-refractivity contribution in [3.8, 4) is 0 Å². The molecule has 2 aliphatic heterocycles. The van der Waals surface area contributed by atoms with Gasteiger partial charge in [-0.15, -0.1) is 0 Å². The van der Waals surface area contributed by atoms with Crippen LogP contribution in [0.15, 0.2) is 29.2 Å². The maximum Gasteiger partial charge on any atom is 0.243 e. The number of sulfonamides is 1. The monoisotopic (exact) mass is 364 g/mol. The van der Waals surface area contributed by atoms with E-state index in [4.69, 9.17) is 0 Å². The summed E-state index contributed by atoms with van der Waals surface area (Å²) in [4.78, 5) is 14.6. The van der Waals surface area contributed by atoms with Gasteiger partial charge in [0.05, 0.1) is 4.90 Å². The van der Waals surface area contributed by atoms with Crippen LogP contribution in [0.25, 0.3) is 0 Å². The van der Waals surface area contributed by atoms with Gasteiger partial charge in [0.15, 0.2) is 0 Å². The summed E-state index contributed by atoms with van der Waals surface area (Å²) in [6.07, 6.45) is 5.22. The fourth-order valence-corrected chi connectivity index (χ4v) is 5.09. The molecule has 0 spiro atoms. The van der Waals surface area contributed by atoms with E-state index in [1.54, 1.807) is 16.4 Å². The highest BCUT2D eigenvalue weighted by molar-refractivity contribution is 7.89. The quantitative estimate of drug-likeness (QED) is 0.807. The molecule has 25 heavy (non-hydrogen) atoms. The first kappa shape index (κ1) is 18.4. The Hall–Kier alpha value is -1.40. The molecule has 0 N–H and O–H groups in total. The minimum atomic E-state index is -3.35. The Bertz CT molecular complexity index is 686. The molecule has 1 aromatic rings. The fraction of sp³-hybridized carbons (Fsp3) is 0.632. The zero-order valence-corrected chi connectivity index (χ0v) is 15.8. The normalized spacial score (nSPS) is 20.1. The van der Waals surface area contributed by atoms with Crippen molar-refractivity contribution in [2.75, 3.05) is 26.2 Å². The van der Waals surface area contributed by atoms with Gasteiger partial charge in [-0.1, -0.05) is 19.1 Å². The molecule has 5 nitrogen and oxygen atoms in total. The Labute approximate surface area is 151 Å². The average Bonchev–Trinajstić information content (AvgIpc) is 3.16. The number of carbonyl (C=O) groups excluding carboxylic acids is 1. The number of rotatable bonds is 5. The van der Waals surface area contributed by atoms with Gasteiger partial charge in [-0.3, -0.25) is 4.79 Å². The SMILES string of the molecule is CC1CCN(C(=O)CCc2ccc(S(=O)(=O)N3CCCC3)cc2)CC1. The second-order valence-corrected chi connectivity index (χ2v) is 9.26.